The number of fused-ring (bicyclic) bond motifs is 1. The quantitative estimate of drug-likeness (QED) is 0.772. The van der Waals surface area contributed by atoms with Gasteiger partial charge < -0.3 is 14.6 Å². The van der Waals surface area contributed by atoms with E-state index >= 15 is 0 Å². The van der Waals surface area contributed by atoms with E-state index < -0.39 is 6.10 Å². The molecule has 140 valence electrons. The highest BCUT2D eigenvalue weighted by atomic mass is 16.5. The number of esters is 1. The minimum Gasteiger partial charge on any atom is -0.490 e. The first-order valence-corrected chi connectivity index (χ1v) is 9.35. The fraction of sp³-hybridized carbons (Fsp3) is 0.476. The van der Waals surface area contributed by atoms with Crippen LogP contribution in [0.1, 0.15) is 19.8 Å². The summed E-state index contributed by atoms with van der Waals surface area (Å²) in [4.78, 5) is 14.1. The first-order valence-electron chi connectivity index (χ1n) is 9.35. The van der Waals surface area contributed by atoms with E-state index in [-0.39, 0.29) is 18.5 Å². The summed E-state index contributed by atoms with van der Waals surface area (Å²) in [6.07, 6.45) is 1.20. The Morgan fingerprint density at radius 1 is 1.27 bits per heavy atom. The van der Waals surface area contributed by atoms with E-state index in [2.05, 4.69) is 4.90 Å². The van der Waals surface area contributed by atoms with Crippen molar-refractivity contribution in [3.05, 3.63) is 42.5 Å². The van der Waals surface area contributed by atoms with Crippen molar-refractivity contribution in [2.24, 2.45) is 5.92 Å². The number of ether oxygens (including phenoxy) is 2. The molecule has 0 bridgehead atoms. The van der Waals surface area contributed by atoms with Crippen LogP contribution in [0.3, 0.4) is 0 Å². The second-order valence-corrected chi connectivity index (χ2v) is 6.79. The second kappa shape index (κ2) is 9.01. The SMILES string of the molecule is CCOC(=O)C1CCCN(CC(O)COc2cccc3ccccc23)C1. The summed E-state index contributed by atoms with van der Waals surface area (Å²) >= 11 is 0. The fourth-order valence-electron chi connectivity index (χ4n) is 3.53. The molecular formula is C21H27NO4. The minimum atomic E-state index is -0.602. The van der Waals surface area contributed by atoms with E-state index in [1.807, 2.05) is 49.4 Å². The molecular weight excluding hydrogens is 330 g/mol. The number of rotatable bonds is 7. The van der Waals surface area contributed by atoms with Crippen molar-refractivity contribution in [3.8, 4) is 5.75 Å². The normalized spacial score (nSPS) is 19.2. The monoisotopic (exact) mass is 357 g/mol. The summed E-state index contributed by atoms with van der Waals surface area (Å²) in [6.45, 7) is 4.50. The molecule has 0 aliphatic carbocycles. The van der Waals surface area contributed by atoms with Gasteiger partial charge in [-0.1, -0.05) is 36.4 Å². The van der Waals surface area contributed by atoms with Gasteiger partial charge in [-0.05, 0) is 37.8 Å². The summed E-state index contributed by atoms with van der Waals surface area (Å²) in [5.41, 5.74) is 0. The van der Waals surface area contributed by atoms with Crippen LogP contribution in [-0.4, -0.2) is 54.9 Å². The van der Waals surface area contributed by atoms with E-state index in [0.29, 0.717) is 19.7 Å². The maximum Gasteiger partial charge on any atom is 0.310 e. The molecule has 3 rings (SSSR count). The average molecular weight is 357 g/mol. The van der Waals surface area contributed by atoms with Gasteiger partial charge >= 0.3 is 5.97 Å². The Hall–Kier alpha value is -2.11. The number of carbonyl (C=O) groups is 1. The highest BCUT2D eigenvalue weighted by molar-refractivity contribution is 5.88. The van der Waals surface area contributed by atoms with Crippen LogP contribution in [0.4, 0.5) is 0 Å². The van der Waals surface area contributed by atoms with Gasteiger partial charge in [0, 0.05) is 18.5 Å². The van der Waals surface area contributed by atoms with Crippen molar-refractivity contribution in [2.45, 2.75) is 25.9 Å². The molecule has 2 atom stereocenters. The van der Waals surface area contributed by atoms with E-state index in [4.69, 9.17) is 9.47 Å². The van der Waals surface area contributed by atoms with Crippen molar-refractivity contribution in [1.82, 2.24) is 4.90 Å². The summed E-state index contributed by atoms with van der Waals surface area (Å²) in [5.74, 6) is 0.568. The predicted octanol–water partition coefficient (Wildman–Crippen LogP) is 2.85. The smallest absolute Gasteiger partial charge is 0.310 e. The number of hydrogen-bond donors (Lipinski definition) is 1. The van der Waals surface area contributed by atoms with Crippen molar-refractivity contribution >= 4 is 16.7 Å². The Morgan fingerprint density at radius 2 is 2.08 bits per heavy atom. The highest BCUT2D eigenvalue weighted by Gasteiger charge is 2.27. The maximum atomic E-state index is 11.9. The van der Waals surface area contributed by atoms with Crippen LogP contribution in [0.2, 0.25) is 0 Å². The molecule has 2 aromatic rings. The molecule has 0 amide bonds. The van der Waals surface area contributed by atoms with Crippen LogP contribution in [0, 0.1) is 5.92 Å². The summed E-state index contributed by atoms with van der Waals surface area (Å²) in [7, 11) is 0. The lowest BCUT2D eigenvalue weighted by atomic mass is 9.98. The molecule has 0 aromatic heterocycles. The number of likely N-dealkylation sites (tertiary alicyclic amines) is 1. The third kappa shape index (κ3) is 4.74. The zero-order valence-corrected chi connectivity index (χ0v) is 15.3. The second-order valence-electron chi connectivity index (χ2n) is 6.79. The largest absolute Gasteiger partial charge is 0.490 e. The van der Waals surface area contributed by atoms with Crippen LogP contribution < -0.4 is 4.74 Å². The Bertz CT molecular complexity index is 728. The third-order valence-corrected chi connectivity index (χ3v) is 4.78. The number of carbonyl (C=O) groups excluding carboxylic acids is 1. The van der Waals surface area contributed by atoms with Crippen molar-refractivity contribution in [3.63, 3.8) is 0 Å². The number of β-amino-alcohol motifs (C(OH)–C–C–N with tert-alkyl or cyclic N) is 1. The molecule has 2 unspecified atom stereocenters. The maximum absolute atomic E-state index is 11.9. The molecule has 1 N–H and O–H groups in total. The average Bonchev–Trinajstić information content (AvgIpc) is 2.67. The lowest BCUT2D eigenvalue weighted by Gasteiger charge is -2.32. The lowest BCUT2D eigenvalue weighted by molar-refractivity contribution is -0.150. The van der Waals surface area contributed by atoms with Crippen LogP contribution in [0.15, 0.2) is 42.5 Å². The van der Waals surface area contributed by atoms with E-state index in [9.17, 15) is 9.90 Å². The molecule has 26 heavy (non-hydrogen) atoms. The molecule has 1 heterocycles. The van der Waals surface area contributed by atoms with Crippen molar-refractivity contribution in [2.75, 3.05) is 32.8 Å². The minimum absolute atomic E-state index is 0.0881. The number of piperidine rings is 1. The first-order chi connectivity index (χ1) is 12.7. The van der Waals surface area contributed by atoms with Gasteiger partial charge in [0.2, 0.25) is 0 Å². The number of hydrogen-bond acceptors (Lipinski definition) is 5. The van der Waals surface area contributed by atoms with Crippen molar-refractivity contribution < 1.29 is 19.4 Å². The number of aliphatic hydroxyl groups is 1. The Kier molecular flexibility index (Phi) is 6.47. The topological polar surface area (TPSA) is 59.0 Å². The molecule has 0 saturated carbocycles. The van der Waals surface area contributed by atoms with Crippen LogP contribution >= 0.6 is 0 Å². The van der Waals surface area contributed by atoms with Crippen LogP contribution in [0.25, 0.3) is 10.8 Å². The Morgan fingerprint density at radius 3 is 2.92 bits per heavy atom. The third-order valence-electron chi connectivity index (χ3n) is 4.78. The van der Waals surface area contributed by atoms with Gasteiger partial charge in [0.1, 0.15) is 18.5 Å². The first kappa shape index (κ1) is 18.7. The Labute approximate surface area is 154 Å². The van der Waals surface area contributed by atoms with E-state index in [0.717, 1.165) is 35.9 Å². The number of benzene rings is 2. The van der Waals surface area contributed by atoms with Gasteiger partial charge in [0.25, 0.3) is 0 Å². The number of aliphatic hydroxyl groups excluding tert-OH is 1. The number of nitrogens with zero attached hydrogens (tertiary/aromatic N) is 1. The zero-order valence-electron chi connectivity index (χ0n) is 15.3. The zero-order chi connectivity index (χ0) is 18.4. The summed E-state index contributed by atoms with van der Waals surface area (Å²) in [5, 5.41) is 12.5. The molecule has 5 nitrogen and oxygen atoms in total. The Balaban J connectivity index is 1.52. The van der Waals surface area contributed by atoms with Crippen molar-refractivity contribution in [1.29, 1.82) is 0 Å². The lowest BCUT2D eigenvalue weighted by Crippen LogP contribution is -2.44. The molecule has 0 radical (unpaired) electrons. The molecule has 2 aromatic carbocycles. The van der Waals surface area contributed by atoms with Gasteiger partial charge in [-0.2, -0.15) is 0 Å². The van der Waals surface area contributed by atoms with Gasteiger partial charge in [0.15, 0.2) is 0 Å². The summed E-state index contributed by atoms with van der Waals surface area (Å²) < 4.78 is 11.0. The van der Waals surface area contributed by atoms with E-state index in [1.54, 1.807) is 0 Å². The standard InChI is InChI=1S/C21H27NO4/c1-2-25-21(24)17-9-6-12-22(13-17)14-18(23)15-26-20-11-5-8-16-7-3-4-10-19(16)20/h3-5,7-8,10-11,17-18,23H,2,6,9,12-15H2,1H3. The molecule has 1 saturated heterocycles. The van der Waals surface area contributed by atoms with Crippen LogP contribution in [-0.2, 0) is 9.53 Å². The summed E-state index contributed by atoms with van der Waals surface area (Å²) in [6, 6.07) is 14.0. The molecule has 0 spiro atoms. The predicted molar refractivity (Wildman–Crippen MR) is 101 cm³/mol. The molecule has 1 aliphatic heterocycles. The molecule has 1 fully saturated rings. The van der Waals surface area contributed by atoms with E-state index in [1.165, 1.54) is 0 Å². The fourth-order valence-corrected chi connectivity index (χ4v) is 3.53. The molecule has 5 heteroatoms. The highest BCUT2D eigenvalue weighted by Crippen LogP contribution is 2.25. The van der Waals surface area contributed by atoms with Gasteiger partial charge in [-0.25, -0.2) is 0 Å². The van der Waals surface area contributed by atoms with Gasteiger partial charge in [-0.15, -0.1) is 0 Å². The van der Waals surface area contributed by atoms with Crippen LogP contribution in [0.5, 0.6) is 5.75 Å². The van der Waals surface area contributed by atoms with Gasteiger partial charge in [-0.3, -0.25) is 9.69 Å². The molecule has 1 aliphatic rings. The van der Waals surface area contributed by atoms with Gasteiger partial charge in [0.05, 0.1) is 12.5 Å².